The van der Waals surface area contributed by atoms with Crippen LogP contribution in [0.5, 0.6) is 0 Å². The Morgan fingerprint density at radius 3 is 0.986 bits per heavy atom. The van der Waals surface area contributed by atoms with E-state index in [1.54, 1.807) is 0 Å². The highest BCUT2D eigenvalue weighted by Crippen LogP contribution is 2.14. The van der Waals surface area contributed by atoms with E-state index in [4.69, 9.17) is 14.2 Å². The monoisotopic (exact) mass is 957 g/mol. The lowest BCUT2D eigenvalue weighted by molar-refractivity contribution is -0.166. The van der Waals surface area contributed by atoms with E-state index in [1.807, 2.05) is 6.08 Å². The van der Waals surface area contributed by atoms with Gasteiger partial charge >= 0.3 is 17.9 Å². The van der Waals surface area contributed by atoms with E-state index >= 15 is 0 Å². The molecule has 0 heterocycles. The van der Waals surface area contributed by atoms with Gasteiger partial charge in [0.05, 0.1) is 0 Å². The zero-order chi connectivity index (χ0) is 50.0. The largest absolute Gasteiger partial charge is 0.462 e. The van der Waals surface area contributed by atoms with Gasteiger partial charge in [0.15, 0.2) is 6.10 Å². The van der Waals surface area contributed by atoms with Gasteiger partial charge in [-0.05, 0) is 109 Å². The molecular formula is C63H104O6. The molecule has 0 aliphatic heterocycles. The number of rotatable bonds is 50. The van der Waals surface area contributed by atoms with Crippen molar-refractivity contribution < 1.29 is 28.6 Å². The molecule has 1 unspecified atom stereocenters. The second-order valence-corrected chi connectivity index (χ2v) is 18.4. The molecule has 0 N–H and O–H groups in total. The summed E-state index contributed by atoms with van der Waals surface area (Å²) in [6, 6.07) is 0. The van der Waals surface area contributed by atoms with Crippen LogP contribution in [0.2, 0.25) is 0 Å². The highest BCUT2D eigenvalue weighted by molar-refractivity contribution is 5.71. The first kappa shape index (κ1) is 65.1. The van der Waals surface area contributed by atoms with Crippen LogP contribution in [-0.4, -0.2) is 37.2 Å². The molecule has 0 aromatic carbocycles. The van der Waals surface area contributed by atoms with E-state index in [9.17, 15) is 14.4 Å². The van der Waals surface area contributed by atoms with Crippen LogP contribution in [0, 0.1) is 0 Å². The molecule has 0 saturated carbocycles. The number of esters is 3. The smallest absolute Gasteiger partial charge is 0.306 e. The quantitative estimate of drug-likeness (QED) is 0.0262. The summed E-state index contributed by atoms with van der Waals surface area (Å²) in [6.07, 6.45) is 76.6. The van der Waals surface area contributed by atoms with Crippen LogP contribution < -0.4 is 0 Å². The van der Waals surface area contributed by atoms with Crippen molar-refractivity contribution in [3.63, 3.8) is 0 Å². The Hall–Kier alpha value is -3.93. The van der Waals surface area contributed by atoms with Gasteiger partial charge in [-0.15, -0.1) is 0 Å². The molecule has 0 radical (unpaired) electrons. The molecule has 0 fully saturated rings. The number of carbonyl (C=O) groups is 3. The molecule has 0 rings (SSSR count). The Morgan fingerprint density at radius 1 is 0.304 bits per heavy atom. The SMILES string of the molecule is CC/C=C\C/C=C\C/C=C\C/C=C\C/C=C\C/C=C\CCC(=O)OCC(COC(=O)CCCCCCCCC/C=C\C/C=C\CC)OC(=O)CCCCCCC/C=C\CCCCCCCCCCC. The highest BCUT2D eigenvalue weighted by Gasteiger charge is 2.19. The third-order valence-corrected chi connectivity index (χ3v) is 11.8. The Balaban J connectivity index is 4.52. The van der Waals surface area contributed by atoms with Gasteiger partial charge in [-0.25, -0.2) is 0 Å². The molecular weight excluding hydrogens is 853 g/mol. The number of allylic oxidation sites excluding steroid dienone is 18. The molecule has 0 aliphatic rings. The Morgan fingerprint density at radius 2 is 0.594 bits per heavy atom. The second kappa shape index (κ2) is 56.7. The maximum Gasteiger partial charge on any atom is 0.306 e. The van der Waals surface area contributed by atoms with Crippen molar-refractivity contribution in [3.05, 3.63) is 109 Å². The van der Waals surface area contributed by atoms with Gasteiger partial charge in [0.1, 0.15) is 13.2 Å². The van der Waals surface area contributed by atoms with Crippen LogP contribution in [0.15, 0.2) is 109 Å². The van der Waals surface area contributed by atoms with Crippen LogP contribution in [0.4, 0.5) is 0 Å². The Bertz CT molecular complexity index is 1420. The minimum atomic E-state index is -0.818. The molecule has 1 atom stereocenters. The van der Waals surface area contributed by atoms with Gasteiger partial charge in [0, 0.05) is 19.3 Å². The molecule has 0 aromatic rings. The van der Waals surface area contributed by atoms with Crippen molar-refractivity contribution in [1.82, 2.24) is 0 Å². The van der Waals surface area contributed by atoms with E-state index in [0.29, 0.717) is 19.3 Å². The fraction of sp³-hybridized carbons (Fsp3) is 0.667. The van der Waals surface area contributed by atoms with Crippen LogP contribution in [0.1, 0.15) is 252 Å². The van der Waals surface area contributed by atoms with Crippen LogP contribution >= 0.6 is 0 Å². The first-order chi connectivity index (χ1) is 34.0. The predicted octanol–water partition coefficient (Wildman–Crippen LogP) is 19.1. The van der Waals surface area contributed by atoms with E-state index in [2.05, 4.69) is 124 Å². The fourth-order valence-electron chi connectivity index (χ4n) is 7.56. The summed E-state index contributed by atoms with van der Waals surface area (Å²) in [6.45, 7) is 6.35. The maximum atomic E-state index is 12.9. The second-order valence-electron chi connectivity index (χ2n) is 18.4. The minimum Gasteiger partial charge on any atom is -0.462 e. The molecule has 0 bridgehead atoms. The van der Waals surface area contributed by atoms with Crippen LogP contribution in [0.25, 0.3) is 0 Å². The third kappa shape index (κ3) is 54.9. The molecule has 0 spiro atoms. The first-order valence-corrected chi connectivity index (χ1v) is 28.4. The molecule has 0 aromatic heterocycles. The summed E-state index contributed by atoms with van der Waals surface area (Å²) in [4.78, 5) is 38.1. The molecule has 392 valence electrons. The van der Waals surface area contributed by atoms with E-state index in [0.717, 1.165) is 109 Å². The summed E-state index contributed by atoms with van der Waals surface area (Å²) in [5.74, 6) is -1.01. The number of unbranched alkanes of at least 4 members (excludes halogenated alkanes) is 21. The van der Waals surface area contributed by atoms with Crippen molar-refractivity contribution in [1.29, 1.82) is 0 Å². The standard InChI is InChI=1S/C63H104O6/c1-4-7-10-13-16-19-22-25-28-30-32-34-35-38-41-44-47-50-53-56-62(65)68-59-60(58-67-61(64)55-52-49-46-43-40-37-27-24-21-18-15-12-9-6-3)69-63(66)57-54-51-48-45-42-39-36-33-31-29-26-23-20-17-14-11-8-5-2/h7,9-10,12,16,18-19,21,25,28,32-34,36,38,41,47,50,60H,4-6,8,11,13-15,17,20,22-24,26-27,29-31,35,37,39-40,42-46,48-49,51-59H2,1-3H3/b10-7-,12-9-,19-16-,21-18-,28-25-,34-32-,36-33-,41-38-,50-47-. The average molecular weight is 958 g/mol. The summed E-state index contributed by atoms with van der Waals surface area (Å²) in [7, 11) is 0. The first-order valence-electron chi connectivity index (χ1n) is 28.4. The van der Waals surface area contributed by atoms with Crippen molar-refractivity contribution in [2.24, 2.45) is 0 Å². The lowest BCUT2D eigenvalue weighted by Crippen LogP contribution is -2.30. The zero-order valence-corrected chi connectivity index (χ0v) is 44.8. The van der Waals surface area contributed by atoms with Gasteiger partial charge < -0.3 is 14.2 Å². The van der Waals surface area contributed by atoms with Gasteiger partial charge in [0.25, 0.3) is 0 Å². The van der Waals surface area contributed by atoms with Crippen molar-refractivity contribution >= 4 is 17.9 Å². The molecule has 0 aliphatic carbocycles. The third-order valence-electron chi connectivity index (χ3n) is 11.8. The number of hydrogen-bond acceptors (Lipinski definition) is 6. The fourth-order valence-corrected chi connectivity index (χ4v) is 7.56. The molecule has 6 nitrogen and oxygen atoms in total. The zero-order valence-electron chi connectivity index (χ0n) is 44.8. The van der Waals surface area contributed by atoms with Gasteiger partial charge in [-0.1, -0.05) is 233 Å². The van der Waals surface area contributed by atoms with E-state index in [1.165, 1.54) is 96.3 Å². The number of hydrogen-bond donors (Lipinski definition) is 0. The van der Waals surface area contributed by atoms with E-state index in [-0.39, 0.29) is 37.5 Å². The van der Waals surface area contributed by atoms with Gasteiger partial charge in [-0.2, -0.15) is 0 Å². The normalized spacial score (nSPS) is 12.9. The average Bonchev–Trinajstić information content (AvgIpc) is 3.35. The summed E-state index contributed by atoms with van der Waals surface area (Å²) >= 11 is 0. The predicted molar refractivity (Wildman–Crippen MR) is 297 cm³/mol. The molecule has 69 heavy (non-hydrogen) atoms. The molecule has 0 saturated heterocycles. The Kier molecular flexibility index (Phi) is 53.4. The summed E-state index contributed by atoms with van der Waals surface area (Å²) in [5.41, 5.74) is 0. The summed E-state index contributed by atoms with van der Waals surface area (Å²) in [5, 5.41) is 0. The maximum absolute atomic E-state index is 12.9. The lowest BCUT2D eigenvalue weighted by atomic mass is 10.1. The summed E-state index contributed by atoms with van der Waals surface area (Å²) < 4.78 is 16.8. The van der Waals surface area contributed by atoms with Gasteiger partial charge in [-0.3, -0.25) is 14.4 Å². The number of carbonyl (C=O) groups excluding carboxylic acids is 3. The van der Waals surface area contributed by atoms with Crippen LogP contribution in [-0.2, 0) is 28.6 Å². The van der Waals surface area contributed by atoms with E-state index < -0.39 is 6.10 Å². The van der Waals surface area contributed by atoms with Gasteiger partial charge in [0.2, 0.25) is 0 Å². The highest BCUT2D eigenvalue weighted by atomic mass is 16.6. The van der Waals surface area contributed by atoms with Crippen LogP contribution in [0.3, 0.4) is 0 Å². The van der Waals surface area contributed by atoms with Crippen molar-refractivity contribution in [2.75, 3.05) is 13.2 Å². The molecule has 0 amide bonds. The molecule has 6 heteroatoms. The Labute approximate surface area is 425 Å². The minimum absolute atomic E-state index is 0.110. The van der Waals surface area contributed by atoms with Crippen molar-refractivity contribution in [3.8, 4) is 0 Å². The topological polar surface area (TPSA) is 78.9 Å². The number of ether oxygens (including phenoxy) is 3. The van der Waals surface area contributed by atoms with Crippen molar-refractivity contribution in [2.45, 2.75) is 258 Å². The lowest BCUT2D eigenvalue weighted by Gasteiger charge is -2.18.